The van der Waals surface area contributed by atoms with Gasteiger partial charge >= 0.3 is 0 Å². The van der Waals surface area contributed by atoms with E-state index in [4.69, 9.17) is 11.6 Å². The van der Waals surface area contributed by atoms with Gasteiger partial charge in [-0.2, -0.15) is 0 Å². The van der Waals surface area contributed by atoms with Crippen LogP contribution < -0.4 is 0 Å². The van der Waals surface area contributed by atoms with E-state index in [0.29, 0.717) is 0 Å². The molecule has 0 saturated carbocycles. The van der Waals surface area contributed by atoms with E-state index < -0.39 is 0 Å². The van der Waals surface area contributed by atoms with Crippen LogP contribution in [0.5, 0.6) is 0 Å². The third-order valence-corrected chi connectivity index (χ3v) is 3.10. The molecule has 0 radical (unpaired) electrons. The third kappa shape index (κ3) is 3.65. The summed E-state index contributed by atoms with van der Waals surface area (Å²) in [5.74, 6) is 0. The van der Waals surface area contributed by atoms with Gasteiger partial charge in [-0.15, -0.1) is 11.3 Å². The van der Waals surface area contributed by atoms with Crippen LogP contribution in [0.4, 0.5) is 0 Å². The Morgan fingerprint density at radius 1 is 1.54 bits per heavy atom. The zero-order valence-corrected chi connectivity index (χ0v) is 9.40. The van der Waals surface area contributed by atoms with Crippen LogP contribution >= 0.6 is 22.9 Å². The van der Waals surface area contributed by atoms with E-state index in [1.54, 1.807) is 0 Å². The molecule has 74 valence electrons. The lowest BCUT2D eigenvalue weighted by Gasteiger charge is -2.12. The molecule has 1 unspecified atom stereocenters. The molecule has 0 spiro atoms. The molecule has 13 heavy (non-hydrogen) atoms. The van der Waals surface area contributed by atoms with Crippen molar-refractivity contribution >= 4 is 22.9 Å². The van der Waals surface area contributed by atoms with Crippen LogP contribution in [0.15, 0.2) is 12.1 Å². The summed E-state index contributed by atoms with van der Waals surface area (Å²) < 4.78 is 0.735. The predicted octanol–water partition coefficient (Wildman–Crippen LogP) is 2.39. The first-order chi connectivity index (χ1) is 6.09. The standard InChI is InChI=1S/C9H14ClNOS/c1-11(2)6-5-7(12)8-3-4-9(10)13-8/h3-4,7,12H,5-6H2,1-2H3. The Bertz CT molecular complexity index is 262. The quantitative estimate of drug-likeness (QED) is 0.841. The fourth-order valence-corrected chi connectivity index (χ4v) is 2.11. The summed E-state index contributed by atoms with van der Waals surface area (Å²) in [6.45, 7) is 0.886. The molecule has 0 amide bonds. The lowest BCUT2D eigenvalue weighted by Crippen LogP contribution is -2.15. The monoisotopic (exact) mass is 219 g/mol. The van der Waals surface area contributed by atoms with Crippen LogP contribution in [0.1, 0.15) is 17.4 Å². The number of rotatable bonds is 4. The molecule has 4 heteroatoms. The third-order valence-electron chi connectivity index (χ3n) is 1.77. The summed E-state index contributed by atoms with van der Waals surface area (Å²) in [4.78, 5) is 3.00. The van der Waals surface area contributed by atoms with Crippen molar-refractivity contribution in [3.63, 3.8) is 0 Å². The van der Waals surface area contributed by atoms with E-state index in [9.17, 15) is 5.11 Å². The smallest absolute Gasteiger partial charge is 0.0932 e. The van der Waals surface area contributed by atoms with E-state index >= 15 is 0 Å². The number of aliphatic hydroxyl groups is 1. The maximum atomic E-state index is 9.71. The normalized spacial score (nSPS) is 13.6. The highest BCUT2D eigenvalue weighted by Gasteiger charge is 2.09. The Morgan fingerprint density at radius 3 is 2.69 bits per heavy atom. The summed E-state index contributed by atoms with van der Waals surface area (Å²) >= 11 is 7.21. The molecule has 0 aliphatic heterocycles. The lowest BCUT2D eigenvalue weighted by atomic mass is 10.2. The molecule has 0 bridgehead atoms. The van der Waals surface area contributed by atoms with Gasteiger partial charge in [0.05, 0.1) is 10.4 Å². The maximum Gasteiger partial charge on any atom is 0.0932 e. The second-order valence-electron chi connectivity index (χ2n) is 3.25. The molecule has 0 fully saturated rings. The molecule has 0 aromatic carbocycles. The molecule has 0 saturated heterocycles. The van der Waals surface area contributed by atoms with Gasteiger partial charge in [0.25, 0.3) is 0 Å². The fraction of sp³-hybridized carbons (Fsp3) is 0.556. The van der Waals surface area contributed by atoms with Crippen molar-refractivity contribution in [1.82, 2.24) is 4.90 Å². The number of hydrogen-bond donors (Lipinski definition) is 1. The van der Waals surface area contributed by atoms with Crippen molar-refractivity contribution < 1.29 is 5.11 Å². The van der Waals surface area contributed by atoms with Gasteiger partial charge in [-0.05, 0) is 32.6 Å². The van der Waals surface area contributed by atoms with Gasteiger partial charge in [0.1, 0.15) is 0 Å². The van der Waals surface area contributed by atoms with Gasteiger partial charge in [0.15, 0.2) is 0 Å². The SMILES string of the molecule is CN(C)CCC(O)c1ccc(Cl)s1. The topological polar surface area (TPSA) is 23.5 Å². The number of halogens is 1. The van der Waals surface area contributed by atoms with Gasteiger partial charge in [-0.25, -0.2) is 0 Å². The first kappa shape index (κ1) is 11.0. The van der Waals surface area contributed by atoms with Gasteiger partial charge < -0.3 is 10.0 Å². The number of nitrogens with zero attached hydrogens (tertiary/aromatic N) is 1. The molecule has 0 aliphatic carbocycles. The van der Waals surface area contributed by atoms with Crippen molar-refractivity contribution in [1.29, 1.82) is 0 Å². The second-order valence-corrected chi connectivity index (χ2v) is 5.00. The van der Waals surface area contributed by atoms with E-state index in [-0.39, 0.29) is 6.10 Å². The van der Waals surface area contributed by atoms with Crippen molar-refractivity contribution in [3.8, 4) is 0 Å². The molecule has 1 heterocycles. The Hall–Kier alpha value is -0.0900. The highest BCUT2D eigenvalue weighted by molar-refractivity contribution is 7.16. The van der Waals surface area contributed by atoms with E-state index in [1.807, 2.05) is 26.2 Å². The molecule has 0 aliphatic rings. The molecule has 2 nitrogen and oxygen atoms in total. The minimum absolute atomic E-state index is 0.375. The van der Waals surface area contributed by atoms with Crippen molar-refractivity contribution in [3.05, 3.63) is 21.3 Å². The van der Waals surface area contributed by atoms with Crippen LogP contribution in [-0.4, -0.2) is 30.6 Å². The first-order valence-electron chi connectivity index (χ1n) is 4.17. The van der Waals surface area contributed by atoms with E-state index in [2.05, 4.69) is 4.90 Å². The summed E-state index contributed by atoms with van der Waals surface area (Å²) in [6, 6.07) is 3.70. The van der Waals surface area contributed by atoms with Crippen LogP contribution in [0.25, 0.3) is 0 Å². The van der Waals surface area contributed by atoms with Gasteiger partial charge in [0, 0.05) is 11.4 Å². The Balaban J connectivity index is 2.44. The number of thiophene rings is 1. The number of hydrogen-bond acceptors (Lipinski definition) is 3. The van der Waals surface area contributed by atoms with Gasteiger partial charge in [0.2, 0.25) is 0 Å². The predicted molar refractivity (Wildman–Crippen MR) is 57.5 cm³/mol. The fourth-order valence-electron chi connectivity index (χ4n) is 1.03. The second kappa shape index (κ2) is 4.96. The average molecular weight is 220 g/mol. The largest absolute Gasteiger partial charge is 0.388 e. The van der Waals surface area contributed by atoms with Crippen LogP contribution in [0.3, 0.4) is 0 Å². The number of aliphatic hydroxyl groups excluding tert-OH is 1. The summed E-state index contributed by atoms with van der Waals surface area (Å²) in [5.41, 5.74) is 0. The molecule has 1 rings (SSSR count). The summed E-state index contributed by atoms with van der Waals surface area (Å²) in [5, 5.41) is 9.71. The Labute approximate surface area is 87.8 Å². The molecular formula is C9H14ClNOS. The minimum atomic E-state index is -0.375. The van der Waals surface area contributed by atoms with Crippen molar-refractivity contribution in [2.45, 2.75) is 12.5 Å². The molecule has 1 atom stereocenters. The van der Waals surface area contributed by atoms with Crippen molar-refractivity contribution in [2.75, 3.05) is 20.6 Å². The minimum Gasteiger partial charge on any atom is -0.388 e. The molecule has 1 aromatic heterocycles. The molecular weight excluding hydrogens is 206 g/mol. The van der Waals surface area contributed by atoms with Crippen LogP contribution in [0.2, 0.25) is 4.34 Å². The highest BCUT2D eigenvalue weighted by Crippen LogP contribution is 2.28. The van der Waals surface area contributed by atoms with Crippen LogP contribution in [-0.2, 0) is 0 Å². The average Bonchev–Trinajstić information content (AvgIpc) is 2.47. The van der Waals surface area contributed by atoms with E-state index in [0.717, 1.165) is 22.2 Å². The summed E-state index contributed by atoms with van der Waals surface area (Å²) in [7, 11) is 3.99. The highest BCUT2D eigenvalue weighted by atomic mass is 35.5. The Kier molecular flexibility index (Phi) is 4.19. The van der Waals surface area contributed by atoms with Gasteiger partial charge in [-0.3, -0.25) is 0 Å². The van der Waals surface area contributed by atoms with E-state index in [1.165, 1.54) is 11.3 Å². The zero-order valence-electron chi connectivity index (χ0n) is 7.83. The summed E-state index contributed by atoms with van der Waals surface area (Å²) in [6.07, 6.45) is 0.379. The first-order valence-corrected chi connectivity index (χ1v) is 5.37. The Morgan fingerprint density at radius 2 is 2.23 bits per heavy atom. The van der Waals surface area contributed by atoms with Gasteiger partial charge in [-0.1, -0.05) is 11.6 Å². The van der Waals surface area contributed by atoms with Crippen LogP contribution in [0, 0.1) is 0 Å². The lowest BCUT2D eigenvalue weighted by molar-refractivity contribution is 0.158. The maximum absolute atomic E-state index is 9.71. The van der Waals surface area contributed by atoms with Crippen molar-refractivity contribution in [2.24, 2.45) is 0 Å². The zero-order chi connectivity index (χ0) is 9.84. The molecule has 1 aromatic rings. The molecule has 1 N–H and O–H groups in total.